The van der Waals surface area contributed by atoms with Crippen molar-refractivity contribution in [3.8, 4) is 0 Å². The van der Waals surface area contributed by atoms with Crippen LogP contribution in [0.5, 0.6) is 0 Å². The van der Waals surface area contributed by atoms with Crippen molar-refractivity contribution in [2.75, 3.05) is 0 Å². The average Bonchev–Trinajstić information content (AvgIpc) is 2.19. The lowest BCUT2D eigenvalue weighted by molar-refractivity contribution is -0.0800. The summed E-state index contributed by atoms with van der Waals surface area (Å²) in [7, 11) is 0. The SMILES string of the molecule is CCCCCCCCCC/C=C\C(F)(F)F. The third-order valence-corrected chi connectivity index (χ3v) is 2.53. The second kappa shape index (κ2) is 9.73. The van der Waals surface area contributed by atoms with E-state index >= 15 is 0 Å². The first kappa shape index (κ1) is 15.5. The standard InChI is InChI=1S/C13H23F3/c1-2-3-4-5-6-7-8-9-10-11-12-13(14,15)16/h11-12H,2-10H2,1H3/b12-11-. The molecule has 0 nitrogen and oxygen atoms in total. The summed E-state index contributed by atoms with van der Waals surface area (Å²) in [4.78, 5) is 0. The molecule has 0 aromatic carbocycles. The molecule has 0 amide bonds. The Morgan fingerprint density at radius 2 is 1.31 bits per heavy atom. The molecule has 0 aliphatic heterocycles. The van der Waals surface area contributed by atoms with Crippen LogP contribution in [0.4, 0.5) is 13.2 Å². The minimum absolute atomic E-state index is 0.342. The van der Waals surface area contributed by atoms with Crippen LogP contribution < -0.4 is 0 Å². The molecule has 0 aromatic rings. The van der Waals surface area contributed by atoms with Gasteiger partial charge >= 0.3 is 6.18 Å². The third kappa shape index (κ3) is 13.5. The summed E-state index contributed by atoms with van der Waals surface area (Å²) in [6.45, 7) is 2.19. The molecule has 0 aliphatic carbocycles. The van der Waals surface area contributed by atoms with Gasteiger partial charge in [0.05, 0.1) is 0 Å². The summed E-state index contributed by atoms with van der Waals surface area (Å²) in [5.74, 6) is 0. The Bertz CT molecular complexity index is 171. The molecule has 0 N–H and O–H groups in total. The average molecular weight is 236 g/mol. The lowest BCUT2D eigenvalue weighted by atomic mass is 10.1. The summed E-state index contributed by atoms with van der Waals surface area (Å²) >= 11 is 0. The fraction of sp³-hybridized carbons (Fsp3) is 0.846. The highest BCUT2D eigenvalue weighted by Gasteiger charge is 2.21. The van der Waals surface area contributed by atoms with E-state index in [1.54, 1.807) is 0 Å². The van der Waals surface area contributed by atoms with Crippen LogP contribution in [0.15, 0.2) is 12.2 Å². The fourth-order valence-electron chi connectivity index (χ4n) is 1.61. The number of unbranched alkanes of at least 4 members (excludes halogenated alkanes) is 8. The van der Waals surface area contributed by atoms with Crippen LogP contribution in [0.25, 0.3) is 0 Å². The van der Waals surface area contributed by atoms with Crippen molar-refractivity contribution in [3.05, 3.63) is 12.2 Å². The van der Waals surface area contributed by atoms with Crippen molar-refractivity contribution in [2.45, 2.75) is 70.9 Å². The van der Waals surface area contributed by atoms with Crippen LogP contribution in [-0.4, -0.2) is 6.18 Å². The lowest BCUT2D eigenvalue weighted by Gasteiger charge is -2.00. The van der Waals surface area contributed by atoms with Gasteiger partial charge in [-0.25, -0.2) is 0 Å². The zero-order chi connectivity index (χ0) is 12.3. The van der Waals surface area contributed by atoms with Gasteiger partial charge in [0, 0.05) is 6.08 Å². The molecule has 0 aromatic heterocycles. The third-order valence-electron chi connectivity index (χ3n) is 2.53. The first-order valence-corrected chi connectivity index (χ1v) is 6.30. The number of allylic oxidation sites excluding steroid dienone is 2. The summed E-state index contributed by atoms with van der Waals surface area (Å²) in [6.07, 6.45) is 7.41. The largest absolute Gasteiger partial charge is 0.409 e. The van der Waals surface area contributed by atoms with Crippen molar-refractivity contribution in [3.63, 3.8) is 0 Å². The predicted molar refractivity (Wildman–Crippen MR) is 62.4 cm³/mol. The maximum Gasteiger partial charge on any atom is 0.409 e. The van der Waals surface area contributed by atoms with E-state index in [1.165, 1.54) is 38.2 Å². The second-order valence-corrected chi connectivity index (χ2v) is 4.21. The number of rotatable bonds is 9. The zero-order valence-corrected chi connectivity index (χ0v) is 10.2. The minimum atomic E-state index is -4.14. The number of alkyl halides is 3. The second-order valence-electron chi connectivity index (χ2n) is 4.21. The summed E-state index contributed by atoms with van der Waals surface area (Å²) < 4.78 is 35.2. The van der Waals surface area contributed by atoms with Crippen LogP contribution in [0.3, 0.4) is 0 Å². The van der Waals surface area contributed by atoms with E-state index in [4.69, 9.17) is 0 Å². The zero-order valence-electron chi connectivity index (χ0n) is 10.2. The molecule has 0 aliphatic rings. The van der Waals surface area contributed by atoms with E-state index in [0.29, 0.717) is 12.5 Å². The number of halogens is 3. The molecule has 0 heterocycles. The number of hydrogen-bond acceptors (Lipinski definition) is 0. The Balaban J connectivity index is 3.13. The maximum absolute atomic E-state index is 11.7. The van der Waals surface area contributed by atoms with Crippen molar-refractivity contribution in [1.29, 1.82) is 0 Å². The molecule has 0 saturated heterocycles. The molecule has 96 valence electrons. The first-order valence-electron chi connectivity index (χ1n) is 6.30. The molecule has 16 heavy (non-hydrogen) atoms. The highest BCUT2D eigenvalue weighted by Crippen LogP contribution is 2.17. The van der Waals surface area contributed by atoms with Gasteiger partial charge in [-0.2, -0.15) is 13.2 Å². The van der Waals surface area contributed by atoms with Gasteiger partial charge in [-0.3, -0.25) is 0 Å². The van der Waals surface area contributed by atoms with Crippen LogP contribution in [0, 0.1) is 0 Å². The molecule has 0 radical (unpaired) electrons. The van der Waals surface area contributed by atoms with E-state index in [-0.39, 0.29) is 0 Å². The normalized spacial score (nSPS) is 12.5. The van der Waals surface area contributed by atoms with E-state index < -0.39 is 6.18 Å². The quantitative estimate of drug-likeness (QED) is 0.359. The van der Waals surface area contributed by atoms with Crippen molar-refractivity contribution >= 4 is 0 Å². The number of hydrogen-bond donors (Lipinski definition) is 0. The predicted octanol–water partition coefficient (Wildman–Crippen LogP) is 5.64. The smallest absolute Gasteiger partial charge is 0.167 e. The Labute approximate surface area is 96.9 Å². The Morgan fingerprint density at radius 1 is 0.812 bits per heavy atom. The van der Waals surface area contributed by atoms with E-state index in [9.17, 15) is 13.2 Å². The molecular weight excluding hydrogens is 213 g/mol. The molecule has 0 atom stereocenters. The molecule has 0 saturated carbocycles. The summed E-state index contributed by atoms with van der Waals surface area (Å²) in [5, 5.41) is 0. The van der Waals surface area contributed by atoms with Crippen LogP contribution in [0.1, 0.15) is 64.7 Å². The Morgan fingerprint density at radius 3 is 1.81 bits per heavy atom. The monoisotopic (exact) mass is 236 g/mol. The molecule has 3 heteroatoms. The van der Waals surface area contributed by atoms with E-state index in [2.05, 4.69) is 6.92 Å². The van der Waals surface area contributed by atoms with E-state index in [1.807, 2.05) is 0 Å². The fourth-order valence-corrected chi connectivity index (χ4v) is 1.61. The van der Waals surface area contributed by atoms with Crippen molar-refractivity contribution in [2.24, 2.45) is 0 Å². The van der Waals surface area contributed by atoms with Crippen LogP contribution in [0.2, 0.25) is 0 Å². The highest BCUT2D eigenvalue weighted by atomic mass is 19.4. The van der Waals surface area contributed by atoms with Gasteiger partial charge in [0.25, 0.3) is 0 Å². The summed E-state index contributed by atoms with van der Waals surface area (Å²) in [6, 6.07) is 0. The van der Waals surface area contributed by atoms with Crippen LogP contribution in [-0.2, 0) is 0 Å². The molecule has 0 bridgehead atoms. The summed E-state index contributed by atoms with van der Waals surface area (Å²) in [5.41, 5.74) is 0. The van der Waals surface area contributed by atoms with Gasteiger partial charge in [0.2, 0.25) is 0 Å². The van der Waals surface area contributed by atoms with Gasteiger partial charge in [-0.15, -0.1) is 0 Å². The van der Waals surface area contributed by atoms with Crippen LogP contribution >= 0.6 is 0 Å². The molecule has 0 rings (SSSR count). The minimum Gasteiger partial charge on any atom is -0.167 e. The van der Waals surface area contributed by atoms with Gasteiger partial charge in [-0.1, -0.05) is 57.9 Å². The lowest BCUT2D eigenvalue weighted by Crippen LogP contribution is -2.00. The Kier molecular flexibility index (Phi) is 9.45. The molecular formula is C13H23F3. The van der Waals surface area contributed by atoms with Gasteiger partial charge in [-0.05, 0) is 12.8 Å². The van der Waals surface area contributed by atoms with Gasteiger partial charge < -0.3 is 0 Å². The van der Waals surface area contributed by atoms with E-state index in [0.717, 1.165) is 19.3 Å². The topological polar surface area (TPSA) is 0 Å². The van der Waals surface area contributed by atoms with Crippen molar-refractivity contribution in [1.82, 2.24) is 0 Å². The molecule has 0 spiro atoms. The van der Waals surface area contributed by atoms with Crippen molar-refractivity contribution < 1.29 is 13.2 Å². The first-order chi connectivity index (χ1) is 7.56. The van der Waals surface area contributed by atoms with Gasteiger partial charge in [0.1, 0.15) is 0 Å². The highest BCUT2D eigenvalue weighted by molar-refractivity contribution is 4.88. The molecule has 0 unspecified atom stereocenters. The maximum atomic E-state index is 11.7. The Hall–Kier alpha value is -0.470. The molecule has 0 fully saturated rings. The van der Waals surface area contributed by atoms with Gasteiger partial charge in [0.15, 0.2) is 0 Å².